The van der Waals surface area contributed by atoms with Gasteiger partial charge in [-0.1, -0.05) is 6.92 Å². The fourth-order valence-electron chi connectivity index (χ4n) is 3.34. The first-order chi connectivity index (χ1) is 7.83. The van der Waals surface area contributed by atoms with E-state index >= 15 is 0 Å². The van der Waals surface area contributed by atoms with Gasteiger partial charge in [-0.3, -0.25) is 0 Å². The Bertz CT molecular complexity index is 309. The molecule has 2 rings (SSSR count). The summed E-state index contributed by atoms with van der Waals surface area (Å²) < 4.78 is 5.49. The standard InChI is InChI=1S/C13H24N2O2/c1-8-5-9-6-10(8)15(11(9)7-14)12(16)17-13(2,3)4/h8-11H,5-7,14H2,1-4H3/t8-,9+,10+,11-/m0/s1. The quantitative estimate of drug-likeness (QED) is 0.762. The van der Waals surface area contributed by atoms with Crippen molar-refractivity contribution in [2.45, 2.75) is 58.2 Å². The molecule has 1 saturated heterocycles. The molecule has 17 heavy (non-hydrogen) atoms. The molecule has 2 N–H and O–H groups in total. The minimum Gasteiger partial charge on any atom is -0.444 e. The fraction of sp³-hybridized carbons (Fsp3) is 0.923. The first kappa shape index (κ1) is 12.7. The molecule has 0 aromatic rings. The summed E-state index contributed by atoms with van der Waals surface area (Å²) in [4.78, 5) is 14.1. The van der Waals surface area contributed by atoms with E-state index in [1.807, 2.05) is 25.7 Å². The van der Waals surface area contributed by atoms with Crippen molar-refractivity contribution < 1.29 is 9.53 Å². The Morgan fingerprint density at radius 2 is 2.06 bits per heavy atom. The molecule has 0 aromatic carbocycles. The minimum absolute atomic E-state index is 0.186. The molecule has 0 unspecified atom stereocenters. The molecular weight excluding hydrogens is 216 g/mol. The highest BCUT2D eigenvalue weighted by Gasteiger charge is 2.51. The maximum atomic E-state index is 12.2. The average molecular weight is 240 g/mol. The maximum Gasteiger partial charge on any atom is 0.410 e. The monoisotopic (exact) mass is 240 g/mol. The molecule has 4 atom stereocenters. The Kier molecular flexibility index (Phi) is 3.10. The highest BCUT2D eigenvalue weighted by molar-refractivity contribution is 5.70. The molecule has 1 saturated carbocycles. The summed E-state index contributed by atoms with van der Waals surface area (Å²) in [5, 5.41) is 0. The van der Waals surface area contributed by atoms with Crippen LogP contribution in [0.15, 0.2) is 0 Å². The zero-order valence-electron chi connectivity index (χ0n) is 11.3. The van der Waals surface area contributed by atoms with Gasteiger partial charge < -0.3 is 15.4 Å². The van der Waals surface area contributed by atoms with E-state index in [0.29, 0.717) is 24.4 Å². The molecule has 4 nitrogen and oxygen atoms in total. The number of fused-ring (bicyclic) bond motifs is 2. The van der Waals surface area contributed by atoms with E-state index in [1.165, 1.54) is 6.42 Å². The SMILES string of the molecule is C[C@H]1C[C@@H]2C[C@H]1N(C(=O)OC(C)(C)C)[C@H]2CN. The molecule has 2 fully saturated rings. The van der Waals surface area contributed by atoms with Crippen LogP contribution in [0.1, 0.15) is 40.5 Å². The Balaban J connectivity index is 2.11. The van der Waals surface area contributed by atoms with E-state index in [-0.39, 0.29) is 12.1 Å². The third-order valence-corrected chi connectivity index (χ3v) is 3.98. The van der Waals surface area contributed by atoms with Gasteiger partial charge in [0.15, 0.2) is 0 Å². The van der Waals surface area contributed by atoms with Gasteiger partial charge in [0.05, 0.1) is 6.04 Å². The number of carbonyl (C=O) groups is 1. The number of piperidine rings is 1. The van der Waals surface area contributed by atoms with Crippen LogP contribution in [0.25, 0.3) is 0 Å². The molecule has 1 aliphatic heterocycles. The molecule has 0 radical (unpaired) electrons. The summed E-state index contributed by atoms with van der Waals surface area (Å²) in [5.74, 6) is 1.16. The molecule has 0 aromatic heterocycles. The van der Waals surface area contributed by atoms with Gasteiger partial charge >= 0.3 is 6.09 Å². The summed E-state index contributed by atoms with van der Waals surface area (Å²) in [5.41, 5.74) is 5.38. The van der Waals surface area contributed by atoms with Crippen molar-refractivity contribution in [2.75, 3.05) is 6.54 Å². The number of likely N-dealkylation sites (tertiary alicyclic amines) is 1. The van der Waals surface area contributed by atoms with Gasteiger partial charge in [0, 0.05) is 12.6 Å². The normalized spacial score (nSPS) is 36.4. The first-order valence-corrected chi connectivity index (χ1v) is 6.55. The van der Waals surface area contributed by atoms with Gasteiger partial charge in [-0.15, -0.1) is 0 Å². The van der Waals surface area contributed by atoms with Gasteiger partial charge in [0.2, 0.25) is 0 Å². The molecule has 0 spiro atoms. The number of hydrogen-bond acceptors (Lipinski definition) is 3. The van der Waals surface area contributed by atoms with Gasteiger partial charge in [-0.2, -0.15) is 0 Å². The van der Waals surface area contributed by atoms with Crippen molar-refractivity contribution >= 4 is 6.09 Å². The lowest BCUT2D eigenvalue weighted by molar-refractivity contribution is 0.00212. The lowest BCUT2D eigenvalue weighted by Crippen LogP contribution is -2.52. The summed E-state index contributed by atoms with van der Waals surface area (Å²) >= 11 is 0. The van der Waals surface area contributed by atoms with Crippen molar-refractivity contribution in [1.29, 1.82) is 0 Å². The summed E-state index contributed by atoms with van der Waals surface area (Å²) in [6.07, 6.45) is 2.11. The van der Waals surface area contributed by atoms with Crippen LogP contribution in [0.4, 0.5) is 4.79 Å². The molecular formula is C13H24N2O2. The number of ether oxygens (including phenoxy) is 1. The second-order valence-corrected chi connectivity index (χ2v) is 6.47. The van der Waals surface area contributed by atoms with Crippen LogP contribution >= 0.6 is 0 Å². The molecule has 1 aliphatic carbocycles. The predicted octanol–water partition coefficient (Wildman–Crippen LogP) is 1.98. The largest absolute Gasteiger partial charge is 0.444 e. The highest BCUT2D eigenvalue weighted by atomic mass is 16.6. The van der Waals surface area contributed by atoms with Gasteiger partial charge in [0.25, 0.3) is 0 Å². The van der Waals surface area contributed by atoms with Gasteiger partial charge in [0.1, 0.15) is 5.60 Å². The van der Waals surface area contributed by atoms with E-state index in [9.17, 15) is 4.79 Å². The van der Waals surface area contributed by atoms with Crippen LogP contribution in [0.3, 0.4) is 0 Å². The lowest BCUT2D eigenvalue weighted by Gasteiger charge is -2.38. The third kappa shape index (κ3) is 2.28. The molecule has 98 valence electrons. The van der Waals surface area contributed by atoms with Crippen LogP contribution in [-0.4, -0.2) is 35.2 Å². The first-order valence-electron chi connectivity index (χ1n) is 6.55. The van der Waals surface area contributed by atoms with E-state index in [2.05, 4.69) is 6.92 Å². The summed E-state index contributed by atoms with van der Waals surface area (Å²) in [6.45, 7) is 8.47. The fourth-order valence-corrected chi connectivity index (χ4v) is 3.34. The van der Waals surface area contributed by atoms with Gasteiger partial charge in [-0.25, -0.2) is 4.79 Å². The van der Waals surface area contributed by atoms with E-state index < -0.39 is 5.60 Å². The van der Waals surface area contributed by atoms with Crippen LogP contribution in [0.5, 0.6) is 0 Å². The maximum absolute atomic E-state index is 12.2. The Labute approximate surface area is 103 Å². The minimum atomic E-state index is -0.429. The van der Waals surface area contributed by atoms with Crippen LogP contribution in [0, 0.1) is 11.8 Å². The molecule has 2 aliphatic rings. The Morgan fingerprint density at radius 3 is 2.59 bits per heavy atom. The number of carbonyl (C=O) groups excluding carboxylic acids is 1. The third-order valence-electron chi connectivity index (χ3n) is 3.98. The summed E-state index contributed by atoms with van der Waals surface area (Å²) in [7, 11) is 0. The zero-order chi connectivity index (χ0) is 12.8. The smallest absolute Gasteiger partial charge is 0.410 e. The molecule has 4 heteroatoms. The average Bonchev–Trinajstić information content (AvgIpc) is 2.69. The van der Waals surface area contributed by atoms with Crippen LogP contribution in [0.2, 0.25) is 0 Å². The van der Waals surface area contributed by atoms with Crippen molar-refractivity contribution in [2.24, 2.45) is 17.6 Å². The topological polar surface area (TPSA) is 55.6 Å². The predicted molar refractivity (Wildman–Crippen MR) is 66.6 cm³/mol. The number of nitrogens with two attached hydrogens (primary N) is 1. The summed E-state index contributed by atoms with van der Waals surface area (Å²) in [6, 6.07) is 0.523. The van der Waals surface area contributed by atoms with E-state index in [4.69, 9.17) is 10.5 Å². The van der Waals surface area contributed by atoms with E-state index in [1.54, 1.807) is 0 Å². The molecule has 1 amide bonds. The molecule has 1 heterocycles. The van der Waals surface area contributed by atoms with Gasteiger partial charge in [-0.05, 0) is 45.4 Å². The zero-order valence-corrected chi connectivity index (χ0v) is 11.3. The Hall–Kier alpha value is -0.770. The van der Waals surface area contributed by atoms with Crippen molar-refractivity contribution in [1.82, 2.24) is 4.90 Å². The number of nitrogens with zero attached hydrogens (tertiary/aromatic N) is 1. The van der Waals surface area contributed by atoms with Crippen LogP contribution < -0.4 is 5.73 Å². The number of hydrogen-bond donors (Lipinski definition) is 1. The Morgan fingerprint density at radius 1 is 1.41 bits per heavy atom. The highest BCUT2D eigenvalue weighted by Crippen LogP contribution is 2.45. The van der Waals surface area contributed by atoms with Crippen molar-refractivity contribution in [3.8, 4) is 0 Å². The van der Waals surface area contributed by atoms with Crippen molar-refractivity contribution in [3.63, 3.8) is 0 Å². The number of amides is 1. The molecule has 2 bridgehead atoms. The van der Waals surface area contributed by atoms with Crippen LogP contribution in [-0.2, 0) is 4.74 Å². The second kappa shape index (κ2) is 4.16. The van der Waals surface area contributed by atoms with E-state index in [0.717, 1.165) is 6.42 Å². The number of rotatable bonds is 1. The lowest BCUT2D eigenvalue weighted by atomic mass is 9.94. The van der Waals surface area contributed by atoms with Crippen molar-refractivity contribution in [3.05, 3.63) is 0 Å². The second-order valence-electron chi connectivity index (χ2n) is 6.47.